The third kappa shape index (κ3) is 4.87. The van der Waals surface area contributed by atoms with Gasteiger partial charge in [0.05, 0.1) is 0 Å². The van der Waals surface area contributed by atoms with Crippen molar-refractivity contribution in [1.29, 1.82) is 0 Å². The van der Waals surface area contributed by atoms with Gasteiger partial charge in [0.15, 0.2) is 0 Å². The van der Waals surface area contributed by atoms with Gasteiger partial charge in [0.1, 0.15) is 0 Å². The molecule has 2 aromatic rings. The Labute approximate surface area is 126 Å². The van der Waals surface area contributed by atoms with E-state index in [-0.39, 0.29) is 6.42 Å². The van der Waals surface area contributed by atoms with Gasteiger partial charge in [-0.1, -0.05) is 42.5 Å². The van der Waals surface area contributed by atoms with E-state index in [1.54, 1.807) is 0 Å². The first-order valence-corrected chi connectivity index (χ1v) is 7.54. The Morgan fingerprint density at radius 1 is 1.05 bits per heavy atom. The second-order valence-corrected chi connectivity index (χ2v) is 5.54. The molecule has 0 amide bonds. The van der Waals surface area contributed by atoms with Gasteiger partial charge in [0.2, 0.25) is 0 Å². The first kappa shape index (κ1) is 15.5. The van der Waals surface area contributed by atoms with E-state index < -0.39 is 5.97 Å². The zero-order valence-electron chi connectivity index (χ0n) is 12.6. The van der Waals surface area contributed by atoms with E-state index in [0.717, 1.165) is 32.4 Å². The second kappa shape index (κ2) is 7.79. The molecule has 0 aliphatic carbocycles. The summed E-state index contributed by atoms with van der Waals surface area (Å²) in [7, 11) is 2.10. The molecule has 0 bridgehead atoms. The number of fused-ring (bicyclic) bond motifs is 1. The number of carbonyl (C=O) groups is 1. The maximum atomic E-state index is 10.5. The van der Waals surface area contributed by atoms with Crippen LogP contribution in [0.4, 0.5) is 0 Å². The van der Waals surface area contributed by atoms with Crippen molar-refractivity contribution < 1.29 is 9.90 Å². The molecule has 21 heavy (non-hydrogen) atoms. The minimum atomic E-state index is -0.701. The SMILES string of the molecule is CN(CCCCC(=O)O)CCc1cccc2ccccc12. The number of nitrogens with zero attached hydrogens (tertiary/aromatic N) is 1. The number of likely N-dealkylation sites (N-methyl/N-ethyl adjacent to an activating group) is 1. The van der Waals surface area contributed by atoms with Gasteiger partial charge in [-0.3, -0.25) is 4.79 Å². The minimum Gasteiger partial charge on any atom is -0.481 e. The first-order valence-electron chi connectivity index (χ1n) is 7.54. The van der Waals surface area contributed by atoms with Crippen LogP contribution >= 0.6 is 0 Å². The predicted octanol–water partition coefficient (Wildman–Crippen LogP) is 3.57. The van der Waals surface area contributed by atoms with Crippen LogP contribution in [0.25, 0.3) is 10.8 Å². The quantitative estimate of drug-likeness (QED) is 0.754. The van der Waals surface area contributed by atoms with Gasteiger partial charge >= 0.3 is 5.97 Å². The third-order valence-corrected chi connectivity index (χ3v) is 3.82. The smallest absolute Gasteiger partial charge is 0.303 e. The molecule has 0 unspecified atom stereocenters. The average Bonchev–Trinajstić information content (AvgIpc) is 2.49. The molecule has 0 aliphatic rings. The van der Waals surface area contributed by atoms with Crippen LogP contribution in [0.1, 0.15) is 24.8 Å². The molecule has 0 saturated carbocycles. The van der Waals surface area contributed by atoms with Gasteiger partial charge in [-0.05, 0) is 49.2 Å². The zero-order valence-corrected chi connectivity index (χ0v) is 12.6. The maximum Gasteiger partial charge on any atom is 0.303 e. The van der Waals surface area contributed by atoms with Gasteiger partial charge in [0, 0.05) is 13.0 Å². The summed E-state index contributed by atoms with van der Waals surface area (Å²) >= 11 is 0. The fourth-order valence-electron chi connectivity index (χ4n) is 2.59. The van der Waals surface area contributed by atoms with Gasteiger partial charge in [0.25, 0.3) is 0 Å². The highest BCUT2D eigenvalue weighted by Gasteiger charge is 2.04. The summed E-state index contributed by atoms with van der Waals surface area (Å²) in [4.78, 5) is 12.7. The topological polar surface area (TPSA) is 40.5 Å². The van der Waals surface area contributed by atoms with Crippen molar-refractivity contribution >= 4 is 16.7 Å². The Morgan fingerprint density at radius 3 is 2.62 bits per heavy atom. The third-order valence-electron chi connectivity index (χ3n) is 3.82. The van der Waals surface area contributed by atoms with E-state index in [1.807, 2.05) is 0 Å². The number of aliphatic carboxylic acids is 1. The average molecular weight is 285 g/mol. The fourth-order valence-corrected chi connectivity index (χ4v) is 2.59. The molecule has 0 saturated heterocycles. The Morgan fingerprint density at radius 2 is 1.81 bits per heavy atom. The molecular weight excluding hydrogens is 262 g/mol. The maximum absolute atomic E-state index is 10.5. The molecule has 0 spiro atoms. The van der Waals surface area contributed by atoms with Crippen molar-refractivity contribution in [2.45, 2.75) is 25.7 Å². The lowest BCUT2D eigenvalue weighted by Gasteiger charge is -2.17. The van der Waals surface area contributed by atoms with Crippen molar-refractivity contribution in [3.05, 3.63) is 48.0 Å². The number of unbranched alkanes of at least 4 members (excludes halogenated alkanes) is 1. The molecule has 2 rings (SSSR count). The largest absolute Gasteiger partial charge is 0.481 e. The normalized spacial score (nSPS) is 11.1. The van der Waals surface area contributed by atoms with E-state index in [0.29, 0.717) is 0 Å². The zero-order chi connectivity index (χ0) is 15.1. The highest BCUT2D eigenvalue weighted by atomic mass is 16.4. The van der Waals surface area contributed by atoms with Crippen LogP contribution in [0.2, 0.25) is 0 Å². The molecule has 0 radical (unpaired) electrons. The van der Waals surface area contributed by atoms with Crippen molar-refractivity contribution in [2.75, 3.05) is 20.1 Å². The number of rotatable bonds is 8. The van der Waals surface area contributed by atoms with Crippen molar-refractivity contribution in [1.82, 2.24) is 4.90 Å². The highest BCUT2D eigenvalue weighted by Crippen LogP contribution is 2.19. The lowest BCUT2D eigenvalue weighted by atomic mass is 10.0. The standard InChI is InChI=1S/C18H23NO2/c1-19(13-5-4-11-18(20)21)14-12-16-9-6-8-15-7-2-3-10-17(15)16/h2-3,6-10H,4-5,11-14H2,1H3,(H,20,21). The number of carboxylic acids is 1. The first-order chi connectivity index (χ1) is 10.2. The summed E-state index contributed by atoms with van der Waals surface area (Å²) in [6, 6.07) is 14.9. The lowest BCUT2D eigenvalue weighted by molar-refractivity contribution is -0.137. The summed E-state index contributed by atoms with van der Waals surface area (Å²) < 4.78 is 0. The van der Waals surface area contributed by atoms with Crippen molar-refractivity contribution in [3.63, 3.8) is 0 Å². The van der Waals surface area contributed by atoms with E-state index in [1.165, 1.54) is 16.3 Å². The van der Waals surface area contributed by atoms with Crippen LogP contribution in [-0.4, -0.2) is 36.1 Å². The lowest BCUT2D eigenvalue weighted by Crippen LogP contribution is -2.22. The molecule has 2 aromatic carbocycles. The van der Waals surface area contributed by atoms with Crippen LogP contribution in [0.15, 0.2) is 42.5 Å². The van der Waals surface area contributed by atoms with Crippen LogP contribution in [-0.2, 0) is 11.2 Å². The molecular formula is C18H23NO2. The van der Waals surface area contributed by atoms with Gasteiger partial charge in [-0.2, -0.15) is 0 Å². The van der Waals surface area contributed by atoms with Gasteiger partial charge in [-0.25, -0.2) is 0 Å². The monoisotopic (exact) mass is 285 g/mol. The van der Waals surface area contributed by atoms with Gasteiger partial charge < -0.3 is 10.0 Å². The molecule has 0 aromatic heterocycles. The Kier molecular flexibility index (Phi) is 5.76. The number of carboxylic acid groups (broad SMARTS) is 1. The molecule has 0 aliphatic heterocycles. The molecule has 0 fully saturated rings. The van der Waals surface area contributed by atoms with E-state index in [4.69, 9.17) is 5.11 Å². The fraction of sp³-hybridized carbons (Fsp3) is 0.389. The van der Waals surface area contributed by atoms with Gasteiger partial charge in [-0.15, -0.1) is 0 Å². The van der Waals surface area contributed by atoms with Crippen molar-refractivity contribution in [2.24, 2.45) is 0 Å². The predicted molar refractivity (Wildman–Crippen MR) is 86.6 cm³/mol. The summed E-state index contributed by atoms with van der Waals surface area (Å²) in [5, 5.41) is 11.2. The van der Waals surface area contributed by atoms with Crippen LogP contribution in [0, 0.1) is 0 Å². The van der Waals surface area contributed by atoms with Crippen molar-refractivity contribution in [3.8, 4) is 0 Å². The van der Waals surface area contributed by atoms with E-state index in [9.17, 15) is 4.79 Å². The molecule has 3 nitrogen and oxygen atoms in total. The number of hydrogen-bond acceptors (Lipinski definition) is 2. The molecule has 0 atom stereocenters. The molecule has 112 valence electrons. The van der Waals surface area contributed by atoms with Crippen LogP contribution < -0.4 is 0 Å². The van der Waals surface area contributed by atoms with Crippen LogP contribution in [0.3, 0.4) is 0 Å². The highest BCUT2D eigenvalue weighted by molar-refractivity contribution is 5.85. The summed E-state index contributed by atoms with van der Waals surface area (Å²) in [6.07, 6.45) is 3.00. The second-order valence-electron chi connectivity index (χ2n) is 5.54. The summed E-state index contributed by atoms with van der Waals surface area (Å²) in [5.74, 6) is -0.701. The summed E-state index contributed by atoms with van der Waals surface area (Å²) in [5.41, 5.74) is 1.38. The van der Waals surface area contributed by atoms with E-state index in [2.05, 4.69) is 54.4 Å². The van der Waals surface area contributed by atoms with E-state index >= 15 is 0 Å². The number of benzene rings is 2. The molecule has 3 heteroatoms. The molecule has 1 N–H and O–H groups in total. The minimum absolute atomic E-state index is 0.275. The Bertz CT molecular complexity index is 589. The summed E-state index contributed by atoms with van der Waals surface area (Å²) in [6.45, 7) is 1.96. The molecule has 0 heterocycles. The Hall–Kier alpha value is -1.87. The Balaban J connectivity index is 1.83. The number of hydrogen-bond donors (Lipinski definition) is 1. The van der Waals surface area contributed by atoms with Crippen LogP contribution in [0.5, 0.6) is 0 Å².